The Morgan fingerprint density at radius 2 is 1.77 bits per heavy atom. The van der Waals surface area contributed by atoms with Crippen molar-refractivity contribution < 1.29 is 39.8 Å². The second kappa shape index (κ2) is 12.1. The van der Waals surface area contributed by atoms with Crippen molar-refractivity contribution in [3.05, 3.63) is 60.3 Å². The average Bonchev–Trinajstić information content (AvgIpc) is 3.49. The van der Waals surface area contributed by atoms with E-state index >= 15 is 0 Å². The van der Waals surface area contributed by atoms with Crippen LogP contribution in [0.1, 0.15) is 34.1 Å². The Balaban J connectivity index is 1.84. The summed E-state index contributed by atoms with van der Waals surface area (Å²) in [6, 6.07) is 8.00. The summed E-state index contributed by atoms with van der Waals surface area (Å²) in [6.07, 6.45) is -4.99. The van der Waals surface area contributed by atoms with Crippen LogP contribution in [0.3, 0.4) is 0 Å². The van der Waals surface area contributed by atoms with Gasteiger partial charge in [-0.2, -0.15) is 26.7 Å². The lowest BCUT2D eigenvalue weighted by Crippen LogP contribution is -2.31. The fourth-order valence-electron chi connectivity index (χ4n) is 3.75. The lowest BCUT2D eigenvalue weighted by molar-refractivity contribution is -0.189. The van der Waals surface area contributed by atoms with Crippen LogP contribution in [0.15, 0.2) is 53.7 Å². The van der Waals surface area contributed by atoms with Crippen LogP contribution < -0.4 is 14.2 Å². The number of ether oxygens (including phenoxy) is 2. The zero-order valence-electron chi connectivity index (χ0n) is 23.8. The highest BCUT2D eigenvalue weighted by molar-refractivity contribution is 7.92. The van der Waals surface area contributed by atoms with Gasteiger partial charge in [0.25, 0.3) is 10.0 Å². The van der Waals surface area contributed by atoms with Crippen molar-refractivity contribution in [1.82, 2.24) is 14.8 Å². The Morgan fingerprint density at radius 3 is 2.40 bits per heavy atom. The van der Waals surface area contributed by atoms with Crippen LogP contribution >= 0.6 is 11.3 Å². The number of aryl methyl sites for hydroxylation is 1. The molecule has 1 atom stereocenters. The topological polar surface area (TPSA) is 95.3 Å². The zero-order chi connectivity index (χ0) is 31.7. The maximum atomic E-state index is 14.8. The first-order chi connectivity index (χ1) is 19.9. The minimum atomic E-state index is -4.76. The van der Waals surface area contributed by atoms with E-state index in [9.17, 15) is 30.4 Å². The number of sulfonamides is 1. The molecule has 0 aliphatic carbocycles. The number of benzene rings is 2. The van der Waals surface area contributed by atoms with Crippen LogP contribution in [0.4, 0.5) is 27.1 Å². The number of thiazole rings is 1. The second-order valence-electron chi connectivity index (χ2n) is 10.9. The van der Waals surface area contributed by atoms with E-state index in [4.69, 9.17) is 9.47 Å². The summed E-state index contributed by atoms with van der Waals surface area (Å²) in [7, 11) is -2.70. The molecule has 2 heterocycles. The molecule has 2 aromatic heterocycles. The van der Waals surface area contributed by atoms with E-state index in [1.807, 2.05) is 20.8 Å². The van der Waals surface area contributed by atoms with Gasteiger partial charge in [0.2, 0.25) is 0 Å². The summed E-state index contributed by atoms with van der Waals surface area (Å²) in [5.41, 5.74) is -0.000703. The number of hydrogen-bond acceptors (Lipinski definition) is 7. The van der Waals surface area contributed by atoms with Crippen molar-refractivity contribution in [2.75, 3.05) is 11.3 Å². The highest BCUT2D eigenvalue weighted by atomic mass is 32.2. The molecule has 15 heteroatoms. The molecule has 1 N–H and O–H groups in total. The van der Waals surface area contributed by atoms with Crippen molar-refractivity contribution in [2.45, 2.75) is 51.4 Å². The molecule has 0 spiro atoms. The van der Waals surface area contributed by atoms with Crippen molar-refractivity contribution in [3.8, 4) is 33.2 Å². The summed E-state index contributed by atoms with van der Waals surface area (Å²) in [5, 5.41) is 3.37. The maximum absolute atomic E-state index is 14.8. The van der Waals surface area contributed by atoms with E-state index < -0.39 is 39.7 Å². The number of hydrogen-bond donors (Lipinski definition) is 1. The standard InChI is InChI=1S/C28H29F5N4O4S2/c1-16(28(31,32)33)41-22-15-18(29)6-7-21(22)24-25(17-12-19(30)14-20(13-17)40-11-9-27(2,3)4)42-26(34-24)36-43(38,39)23-8-10-37(5)35-23/h6-8,10,12-16H,9,11H2,1-5H3,(H,34,36). The molecule has 4 aromatic rings. The molecule has 0 saturated heterocycles. The van der Waals surface area contributed by atoms with E-state index in [1.54, 1.807) is 0 Å². The molecule has 0 fully saturated rings. The third-order valence-electron chi connectivity index (χ3n) is 6.03. The SMILES string of the molecule is CC(Oc1cc(F)ccc1-c1nc(NS(=O)(=O)c2ccn(C)n2)sc1-c1cc(F)cc(OCCC(C)(C)C)c1)C(F)(F)F. The van der Waals surface area contributed by atoms with Gasteiger partial charge in [-0.15, -0.1) is 0 Å². The van der Waals surface area contributed by atoms with Crippen molar-refractivity contribution in [1.29, 1.82) is 0 Å². The molecule has 4 rings (SSSR count). The van der Waals surface area contributed by atoms with Gasteiger partial charge in [-0.1, -0.05) is 32.1 Å². The van der Waals surface area contributed by atoms with Gasteiger partial charge in [-0.3, -0.25) is 9.40 Å². The molecule has 1 unspecified atom stereocenters. The molecule has 0 radical (unpaired) electrons. The highest BCUT2D eigenvalue weighted by Crippen LogP contribution is 2.44. The van der Waals surface area contributed by atoms with E-state index in [0.717, 1.165) is 42.5 Å². The molecule has 0 aliphatic rings. The summed E-state index contributed by atoms with van der Waals surface area (Å²) >= 11 is 0.789. The molecule has 232 valence electrons. The Morgan fingerprint density at radius 1 is 1.05 bits per heavy atom. The van der Waals surface area contributed by atoms with E-state index in [1.165, 1.54) is 36.1 Å². The molecule has 8 nitrogen and oxygen atoms in total. The Hall–Kier alpha value is -3.72. The highest BCUT2D eigenvalue weighted by Gasteiger charge is 2.38. The predicted octanol–water partition coefficient (Wildman–Crippen LogP) is 7.43. The number of rotatable bonds is 10. The molecular weight excluding hydrogens is 615 g/mol. The van der Waals surface area contributed by atoms with Crippen molar-refractivity contribution >= 4 is 26.5 Å². The summed E-state index contributed by atoms with van der Waals surface area (Å²) in [5.74, 6) is -1.87. The van der Waals surface area contributed by atoms with Crippen molar-refractivity contribution in [3.63, 3.8) is 0 Å². The van der Waals surface area contributed by atoms with Gasteiger partial charge >= 0.3 is 6.18 Å². The van der Waals surface area contributed by atoms with Gasteiger partial charge in [0, 0.05) is 36.5 Å². The molecule has 0 bridgehead atoms. The number of anilines is 1. The van der Waals surface area contributed by atoms with Crippen LogP contribution in [0.5, 0.6) is 11.5 Å². The smallest absolute Gasteiger partial charge is 0.425 e. The van der Waals surface area contributed by atoms with Gasteiger partial charge in [0.05, 0.1) is 17.2 Å². The third kappa shape index (κ3) is 8.22. The third-order valence-corrected chi connectivity index (χ3v) is 8.41. The van der Waals surface area contributed by atoms with Gasteiger partial charge in [0.1, 0.15) is 23.1 Å². The van der Waals surface area contributed by atoms with Gasteiger partial charge in [-0.25, -0.2) is 13.8 Å². The van der Waals surface area contributed by atoms with E-state index in [0.29, 0.717) is 6.42 Å². The molecule has 0 saturated carbocycles. The molecular formula is C28H29F5N4O4S2. The van der Waals surface area contributed by atoms with Crippen LogP contribution in [0, 0.1) is 17.0 Å². The number of nitrogens with one attached hydrogen (secondary N) is 1. The predicted molar refractivity (Wildman–Crippen MR) is 153 cm³/mol. The monoisotopic (exact) mass is 644 g/mol. The van der Waals surface area contributed by atoms with Crippen LogP contribution in [0.2, 0.25) is 0 Å². The quantitative estimate of drug-likeness (QED) is 0.181. The largest absolute Gasteiger partial charge is 0.493 e. The number of aromatic nitrogens is 3. The minimum Gasteiger partial charge on any atom is -0.493 e. The summed E-state index contributed by atoms with van der Waals surface area (Å²) in [6.45, 7) is 7.10. The Labute approximate surface area is 249 Å². The van der Waals surface area contributed by atoms with E-state index in [-0.39, 0.29) is 49.6 Å². The molecule has 2 aromatic carbocycles. The zero-order valence-corrected chi connectivity index (χ0v) is 25.4. The first-order valence-corrected chi connectivity index (χ1v) is 15.2. The van der Waals surface area contributed by atoms with Crippen molar-refractivity contribution in [2.24, 2.45) is 12.5 Å². The summed E-state index contributed by atoms with van der Waals surface area (Å²) in [4.78, 5) is 4.50. The average molecular weight is 645 g/mol. The number of alkyl halides is 3. The first kappa shape index (κ1) is 32.2. The molecule has 0 aliphatic heterocycles. The number of halogens is 5. The second-order valence-corrected chi connectivity index (χ2v) is 13.5. The van der Waals surface area contributed by atoms with Gasteiger partial charge < -0.3 is 9.47 Å². The lowest BCUT2D eigenvalue weighted by Gasteiger charge is -2.20. The first-order valence-electron chi connectivity index (χ1n) is 12.9. The lowest BCUT2D eigenvalue weighted by atomic mass is 9.93. The fourth-order valence-corrected chi connectivity index (χ4v) is 5.92. The fraction of sp³-hybridized carbons (Fsp3) is 0.357. The van der Waals surface area contributed by atoms with Crippen LogP contribution in [-0.4, -0.2) is 42.1 Å². The normalized spacial score (nSPS) is 13.2. The van der Waals surface area contributed by atoms with Gasteiger partial charge in [-0.05, 0) is 49.1 Å². The van der Waals surface area contributed by atoms with Crippen LogP contribution in [0.25, 0.3) is 21.7 Å². The molecule has 43 heavy (non-hydrogen) atoms. The Bertz CT molecular complexity index is 1710. The van der Waals surface area contributed by atoms with E-state index in [2.05, 4.69) is 14.8 Å². The Kier molecular flexibility index (Phi) is 9.07. The van der Waals surface area contributed by atoms with Gasteiger partial charge in [0.15, 0.2) is 16.3 Å². The number of nitrogens with zero attached hydrogens (tertiary/aromatic N) is 3. The minimum absolute atomic E-state index is 0.0484. The molecule has 0 amide bonds. The van der Waals surface area contributed by atoms with Crippen LogP contribution in [-0.2, 0) is 17.1 Å². The summed E-state index contributed by atoms with van der Waals surface area (Å²) < 4.78 is 110. The maximum Gasteiger partial charge on any atom is 0.425 e.